The van der Waals surface area contributed by atoms with E-state index < -0.39 is 0 Å². The highest BCUT2D eigenvalue weighted by Gasteiger charge is 2.10. The summed E-state index contributed by atoms with van der Waals surface area (Å²) < 4.78 is 2.16. The summed E-state index contributed by atoms with van der Waals surface area (Å²) in [7, 11) is 0. The molecule has 4 aromatic rings. The molecule has 0 atom stereocenters. The molecule has 0 aliphatic rings. The van der Waals surface area contributed by atoms with E-state index in [1.54, 1.807) is 0 Å². The van der Waals surface area contributed by atoms with Crippen molar-refractivity contribution in [1.82, 2.24) is 9.38 Å². The third-order valence-electron chi connectivity index (χ3n) is 4.50. The molecule has 2 heteroatoms. The smallest absolute Gasteiger partial charge is 0.0713 e. The largest absolute Gasteiger partial charge is 0.323 e. The zero-order chi connectivity index (χ0) is 15.3. The van der Waals surface area contributed by atoms with Gasteiger partial charge in [0.2, 0.25) is 0 Å². The second-order valence-electron chi connectivity index (χ2n) is 6.03. The number of benzene rings is 1. The average molecular weight is 286 g/mol. The maximum absolute atomic E-state index is 4.68. The Kier molecular flexibility index (Phi) is 2.80. The van der Waals surface area contributed by atoms with Crippen LogP contribution in [0.1, 0.15) is 16.7 Å². The minimum Gasteiger partial charge on any atom is -0.323 e. The van der Waals surface area contributed by atoms with E-state index in [1.165, 1.54) is 38.5 Å². The van der Waals surface area contributed by atoms with E-state index in [0.29, 0.717) is 0 Å². The number of fused-ring (bicyclic) bond motifs is 2. The van der Waals surface area contributed by atoms with Gasteiger partial charge in [-0.1, -0.05) is 12.1 Å². The first-order valence-corrected chi connectivity index (χ1v) is 7.57. The van der Waals surface area contributed by atoms with Crippen molar-refractivity contribution in [3.63, 3.8) is 0 Å². The lowest BCUT2D eigenvalue weighted by molar-refractivity contribution is 1.21. The number of aryl methyl sites for hydroxylation is 3. The third kappa shape index (κ3) is 1.92. The molecule has 0 saturated heterocycles. The van der Waals surface area contributed by atoms with Crippen LogP contribution in [0, 0.1) is 20.8 Å². The van der Waals surface area contributed by atoms with Gasteiger partial charge >= 0.3 is 0 Å². The Balaban J connectivity index is 2.10. The van der Waals surface area contributed by atoms with Crippen LogP contribution in [0.2, 0.25) is 0 Å². The Morgan fingerprint density at radius 3 is 2.59 bits per heavy atom. The van der Waals surface area contributed by atoms with E-state index in [0.717, 1.165) is 5.69 Å². The van der Waals surface area contributed by atoms with Crippen LogP contribution in [-0.4, -0.2) is 9.38 Å². The summed E-state index contributed by atoms with van der Waals surface area (Å²) >= 11 is 0. The molecule has 0 amide bonds. The van der Waals surface area contributed by atoms with Crippen LogP contribution in [0.15, 0.2) is 55.0 Å². The fraction of sp³-hybridized carbons (Fsp3) is 0.150. The molecule has 3 aromatic heterocycles. The van der Waals surface area contributed by atoms with Crippen molar-refractivity contribution < 1.29 is 0 Å². The summed E-state index contributed by atoms with van der Waals surface area (Å²) in [5, 5.41) is 2.51. The third-order valence-corrected chi connectivity index (χ3v) is 4.50. The Hall–Kier alpha value is -2.61. The molecule has 0 unspecified atom stereocenters. The molecule has 0 N–H and O–H groups in total. The molecule has 0 fully saturated rings. The van der Waals surface area contributed by atoms with Crippen LogP contribution < -0.4 is 0 Å². The average Bonchev–Trinajstić information content (AvgIpc) is 2.95. The van der Waals surface area contributed by atoms with E-state index in [2.05, 4.69) is 78.9 Å². The minimum absolute atomic E-state index is 1.06. The molecular weight excluding hydrogens is 268 g/mol. The molecule has 0 bridgehead atoms. The van der Waals surface area contributed by atoms with E-state index in [9.17, 15) is 0 Å². The van der Waals surface area contributed by atoms with Gasteiger partial charge in [0.1, 0.15) is 0 Å². The van der Waals surface area contributed by atoms with Crippen molar-refractivity contribution in [2.24, 2.45) is 0 Å². The number of hydrogen-bond donors (Lipinski definition) is 0. The lowest BCUT2D eigenvalue weighted by atomic mass is 9.96. The van der Waals surface area contributed by atoms with E-state index in [-0.39, 0.29) is 0 Å². The molecule has 0 aliphatic heterocycles. The molecule has 1 aromatic carbocycles. The number of rotatable bonds is 1. The van der Waals surface area contributed by atoms with Crippen molar-refractivity contribution in [1.29, 1.82) is 0 Å². The van der Waals surface area contributed by atoms with Crippen LogP contribution >= 0.6 is 0 Å². The molecule has 0 spiro atoms. The first-order valence-electron chi connectivity index (χ1n) is 7.57. The van der Waals surface area contributed by atoms with Gasteiger partial charge in [-0.05, 0) is 72.5 Å². The normalized spacial score (nSPS) is 11.4. The molecule has 3 heterocycles. The zero-order valence-corrected chi connectivity index (χ0v) is 13.1. The number of nitrogens with zero attached hydrogens (tertiary/aromatic N) is 2. The van der Waals surface area contributed by atoms with Gasteiger partial charge in [-0.15, -0.1) is 0 Å². The SMILES string of the molecule is Cc1cnc(-c2c(C)ccc3cn4cccc4cc23)cc1C. The minimum atomic E-state index is 1.06. The van der Waals surface area contributed by atoms with Crippen molar-refractivity contribution in [3.05, 3.63) is 71.7 Å². The first-order chi connectivity index (χ1) is 10.6. The van der Waals surface area contributed by atoms with Gasteiger partial charge in [0, 0.05) is 29.7 Å². The van der Waals surface area contributed by atoms with Gasteiger partial charge in [-0.25, -0.2) is 0 Å². The summed E-state index contributed by atoms with van der Waals surface area (Å²) in [6.07, 6.45) is 6.25. The first kappa shape index (κ1) is 13.1. The maximum Gasteiger partial charge on any atom is 0.0713 e. The Morgan fingerprint density at radius 2 is 1.77 bits per heavy atom. The summed E-state index contributed by atoms with van der Waals surface area (Å²) in [6.45, 7) is 6.41. The Bertz CT molecular complexity index is 1010. The number of pyridine rings is 2. The molecule has 2 nitrogen and oxygen atoms in total. The fourth-order valence-electron chi connectivity index (χ4n) is 3.06. The summed E-state index contributed by atoms with van der Waals surface area (Å²) in [5.41, 5.74) is 7.29. The van der Waals surface area contributed by atoms with Crippen molar-refractivity contribution in [2.75, 3.05) is 0 Å². The van der Waals surface area contributed by atoms with Gasteiger partial charge in [0.15, 0.2) is 0 Å². The topological polar surface area (TPSA) is 17.3 Å². The van der Waals surface area contributed by atoms with Crippen LogP contribution in [-0.2, 0) is 0 Å². The Morgan fingerprint density at radius 1 is 0.909 bits per heavy atom. The van der Waals surface area contributed by atoms with Gasteiger partial charge in [0.25, 0.3) is 0 Å². The lowest BCUT2D eigenvalue weighted by Gasteiger charge is -2.12. The Labute approximate surface area is 130 Å². The van der Waals surface area contributed by atoms with Gasteiger partial charge in [-0.3, -0.25) is 4.98 Å². The number of aromatic nitrogens is 2. The summed E-state index contributed by atoms with van der Waals surface area (Å²) in [5.74, 6) is 0. The van der Waals surface area contributed by atoms with Crippen LogP contribution in [0.5, 0.6) is 0 Å². The molecule has 4 rings (SSSR count). The number of hydrogen-bond acceptors (Lipinski definition) is 1. The van der Waals surface area contributed by atoms with E-state index >= 15 is 0 Å². The van der Waals surface area contributed by atoms with Crippen LogP contribution in [0.3, 0.4) is 0 Å². The van der Waals surface area contributed by atoms with Gasteiger partial charge in [-0.2, -0.15) is 0 Å². The highest BCUT2D eigenvalue weighted by Crippen LogP contribution is 2.32. The second kappa shape index (κ2) is 4.70. The summed E-state index contributed by atoms with van der Waals surface area (Å²) in [4.78, 5) is 4.68. The standard InChI is InChI=1S/C20H18N2/c1-13-6-7-16-12-22-8-4-5-17(22)10-18(16)20(13)19-9-14(2)15(3)11-21-19/h4-12H,1-3H3. The molecule has 0 aliphatic carbocycles. The van der Waals surface area contributed by atoms with Gasteiger partial charge < -0.3 is 4.40 Å². The predicted molar refractivity (Wildman–Crippen MR) is 92.3 cm³/mol. The highest BCUT2D eigenvalue weighted by molar-refractivity contribution is 5.99. The maximum atomic E-state index is 4.68. The van der Waals surface area contributed by atoms with Crippen LogP contribution in [0.4, 0.5) is 0 Å². The van der Waals surface area contributed by atoms with Crippen molar-refractivity contribution in [2.45, 2.75) is 20.8 Å². The molecule has 0 saturated carbocycles. The molecule has 22 heavy (non-hydrogen) atoms. The predicted octanol–water partition coefficient (Wildman–Crippen LogP) is 5.08. The van der Waals surface area contributed by atoms with Gasteiger partial charge in [0.05, 0.1) is 5.69 Å². The molecule has 0 radical (unpaired) electrons. The monoisotopic (exact) mass is 286 g/mol. The van der Waals surface area contributed by atoms with Crippen molar-refractivity contribution >= 4 is 16.3 Å². The molecular formula is C20H18N2. The fourth-order valence-corrected chi connectivity index (χ4v) is 3.06. The highest BCUT2D eigenvalue weighted by atomic mass is 14.8. The van der Waals surface area contributed by atoms with E-state index in [1.807, 2.05) is 6.20 Å². The quantitative estimate of drug-likeness (QED) is 0.477. The van der Waals surface area contributed by atoms with E-state index in [4.69, 9.17) is 0 Å². The lowest BCUT2D eigenvalue weighted by Crippen LogP contribution is -1.93. The van der Waals surface area contributed by atoms with Crippen molar-refractivity contribution in [3.8, 4) is 11.3 Å². The second-order valence-corrected chi connectivity index (χ2v) is 6.03. The zero-order valence-electron chi connectivity index (χ0n) is 13.1. The molecule has 108 valence electrons. The summed E-state index contributed by atoms with van der Waals surface area (Å²) in [6, 6.07) is 13.0. The van der Waals surface area contributed by atoms with Crippen LogP contribution in [0.25, 0.3) is 27.5 Å².